The molecule has 3 heteroatoms. The summed E-state index contributed by atoms with van der Waals surface area (Å²) in [6.07, 6.45) is 9.54. The highest BCUT2D eigenvalue weighted by Gasteiger charge is 2.37. The van der Waals surface area contributed by atoms with Crippen LogP contribution in [-0.2, 0) is 4.79 Å². The molecule has 1 rings (SSSR count). The van der Waals surface area contributed by atoms with Crippen LogP contribution in [0.3, 0.4) is 0 Å². The van der Waals surface area contributed by atoms with Gasteiger partial charge in [-0.3, -0.25) is 10.1 Å². The molecule has 1 aliphatic rings. The first-order chi connectivity index (χ1) is 9.67. The van der Waals surface area contributed by atoms with Gasteiger partial charge in [0, 0.05) is 6.54 Å². The normalized spacial score (nSPS) is 24.4. The maximum absolute atomic E-state index is 12.6. The van der Waals surface area contributed by atoms with E-state index in [0.717, 1.165) is 32.2 Å². The second kappa shape index (κ2) is 9.38. The van der Waals surface area contributed by atoms with Gasteiger partial charge in [-0.15, -0.1) is 0 Å². The number of hydrogen-bond donors (Lipinski definition) is 1. The van der Waals surface area contributed by atoms with Gasteiger partial charge in [-0.05, 0) is 25.2 Å². The van der Waals surface area contributed by atoms with E-state index in [2.05, 4.69) is 37.9 Å². The summed E-state index contributed by atoms with van der Waals surface area (Å²) in [6.45, 7) is 9.80. The van der Waals surface area contributed by atoms with Crippen LogP contribution < -0.4 is 5.32 Å². The summed E-state index contributed by atoms with van der Waals surface area (Å²) in [6, 6.07) is 0.0728. The smallest absolute Gasteiger partial charge is 0.241 e. The third-order valence-corrected chi connectivity index (χ3v) is 4.58. The summed E-state index contributed by atoms with van der Waals surface area (Å²) >= 11 is 0. The minimum Gasteiger partial charge on any atom is -0.326 e. The predicted molar refractivity (Wildman–Crippen MR) is 85.5 cm³/mol. The van der Waals surface area contributed by atoms with Crippen LogP contribution in [0, 0.1) is 5.92 Å². The van der Waals surface area contributed by atoms with E-state index in [1.54, 1.807) is 0 Å². The number of nitrogens with one attached hydrogen (secondary N) is 1. The van der Waals surface area contributed by atoms with Gasteiger partial charge in [0.2, 0.25) is 5.91 Å². The second-order valence-electron chi connectivity index (χ2n) is 6.19. The van der Waals surface area contributed by atoms with Crippen LogP contribution in [0.1, 0.15) is 79.1 Å². The molecule has 118 valence electrons. The van der Waals surface area contributed by atoms with Crippen molar-refractivity contribution in [1.29, 1.82) is 0 Å². The summed E-state index contributed by atoms with van der Waals surface area (Å²) in [5.41, 5.74) is 0. The van der Waals surface area contributed by atoms with Gasteiger partial charge in [-0.25, -0.2) is 0 Å². The molecule has 0 radical (unpaired) electrons. The molecule has 1 amide bonds. The Morgan fingerprint density at radius 1 is 1.15 bits per heavy atom. The van der Waals surface area contributed by atoms with Crippen molar-refractivity contribution in [3.05, 3.63) is 0 Å². The summed E-state index contributed by atoms with van der Waals surface area (Å²) in [5.74, 6) is 1.01. The Bertz CT molecular complexity index is 280. The average Bonchev–Trinajstić information content (AvgIpc) is 2.77. The molecule has 1 heterocycles. The largest absolute Gasteiger partial charge is 0.326 e. The van der Waals surface area contributed by atoms with Crippen LogP contribution in [0.25, 0.3) is 0 Å². The van der Waals surface area contributed by atoms with E-state index in [-0.39, 0.29) is 12.2 Å². The van der Waals surface area contributed by atoms with Crippen LogP contribution in [-0.4, -0.2) is 29.6 Å². The van der Waals surface area contributed by atoms with Crippen molar-refractivity contribution in [3.63, 3.8) is 0 Å². The molecule has 20 heavy (non-hydrogen) atoms. The fourth-order valence-corrected chi connectivity index (χ4v) is 3.11. The lowest BCUT2D eigenvalue weighted by molar-refractivity contribution is -0.130. The van der Waals surface area contributed by atoms with Gasteiger partial charge in [0.05, 0.1) is 12.2 Å². The van der Waals surface area contributed by atoms with Gasteiger partial charge >= 0.3 is 0 Å². The molecule has 3 atom stereocenters. The number of nitrogens with zero attached hydrogens (tertiary/aromatic N) is 1. The number of amides is 1. The first kappa shape index (κ1) is 17.5. The van der Waals surface area contributed by atoms with E-state index in [4.69, 9.17) is 0 Å². The van der Waals surface area contributed by atoms with Crippen molar-refractivity contribution in [1.82, 2.24) is 10.2 Å². The minimum absolute atomic E-state index is 0.0728. The monoisotopic (exact) mass is 282 g/mol. The Balaban J connectivity index is 2.58. The van der Waals surface area contributed by atoms with E-state index < -0.39 is 0 Å². The molecule has 0 spiro atoms. The van der Waals surface area contributed by atoms with Crippen molar-refractivity contribution < 1.29 is 4.79 Å². The quantitative estimate of drug-likeness (QED) is 0.658. The molecule has 3 unspecified atom stereocenters. The molecule has 1 aliphatic heterocycles. The van der Waals surface area contributed by atoms with Crippen molar-refractivity contribution in [2.24, 2.45) is 5.92 Å². The lowest BCUT2D eigenvalue weighted by atomic mass is 9.98. The molecular formula is C17H34N2O. The second-order valence-corrected chi connectivity index (χ2v) is 6.19. The summed E-state index contributed by atoms with van der Waals surface area (Å²) < 4.78 is 0. The standard InChI is InChI=1S/C17H34N2O/c1-5-9-11-14(7-3)13-19-16(8-4)18-15(17(19)20)12-10-6-2/h14-16,18H,5-13H2,1-4H3. The van der Waals surface area contributed by atoms with Crippen LogP contribution in [0.5, 0.6) is 0 Å². The molecule has 1 saturated heterocycles. The maximum Gasteiger partial charge on any atom is 0.241 e. The zero-order chi connectivity index (χ0) is 15.0. The summed E-state index contributed by atoms with van der Waals surface area (Å²) in [5, 5.41) is 3.54. The zero-order valence-electron chi connectivity index (χ0n) is 14.0. The van der Waals surface area contributed by atoms with E-state index >= 15 is 0 Å². The molecule has 0 aromatic carbocycles. The van der Waals surface area contributed by atoms with Crippen molar-refractivity contribution in [2.75, 3.05) is 6.54 Å². The van der Waals surface area contributed by atoms with Gasteiger partial charge in [0.15, 0.2) is 0 Å². The molecule has 1 N–H and O–H groups in total. The number of unbranched alkanes of at least 4 members (excludes halogenated alkanes) is 2. The Hall–Kier alpha value is -0.570. The fraction of sp³-hybridized carbons (Fsp3) is 0.941. The summed E-state index contributed by atoms with van der Waals surface area (Å²) in [7, 11) is 0. The Morgan fingerprint density at radius 3 is 2.40 bits per heavy atom. The topological polar surface area (TPSA) is 32.3 Å². The van der Waals surface area contributed by atoms with Gasteiger partial charge in [0.25, 0.3) is 0 Å². The van der Waals surface area contributed by atoms with Crippen molar-refractivity contribution in [3.8, 4) is 0 Å². The Kier molecular flexibility index (Phi) is 8.20. The fourth-order valence-electron chi connectivity index (χ4n) is 3.11. The van der Waals surface area contributed by atoms with Crippen LogP contribution >= 0.6 is 0 Å². The SMILES string of the molecule is CCCCC(CC)CN1C(=O)C(CCCC)NC1CC. The third kappa shape index (κ3) is 4.76. The molecule has 0 saturated carbocycles. The minimum atomic E-state index is 0.0728. The molecule has 0 aromatic rings. The van der Waals surface area contributed by atoms with Crippen LogP contribution in [0.15, 0.2) is 0 Å². The van der Waals surface area contributed by atoms with Crippen molar-refractivity contribution in [2.45, 2.75) is 91.3 Å². The molecule has 1 fully saturated rings. The van der Waals surface area contributed by atoms with E-state index in [0.29, 0.717) is 11.8 Å². The van der Waals surface area contributed by atoms with E-state index in [1.807, 2.05) is 0 Å². The molecular weight excluding hydrogens is 248 g/mol. The van der Waals surface area contributed by atoms with Gasteiger partial charge < -0.3 is 4.90 Å². The zero-order valence-corrected chi connectivity index (χ0v) is 14.0. The average molecular weight is 282 g/mol. The highest BCUT2D eigenvalue weighted by Crippen LogP contribution is 2.22. The first-order valence-electron chi connectivity index (χ1n) is 8.74. The molecule has 0 aromatic heterocycles. The van der Waals surface area contributed by atoms with Crippen molar-refractivity contribution >= 4 is 5.91 Å². The Morgan fingerprint density at radius 2 is 1.85 bits per heavy atom. The number of carbonyl (C=O) groups is 1. The molecule has 3 nitrogen and oxygen atoms in total. The molecule has 0 aliphatic carbocycles. The highest BCUT2D eigenvalue weighted by atomic mass is 16.2. The number of hydrogen-bond acceptors (Lipinski definition) is 2. The van der Waals surface area contributed by atoms with Crippen LogP contribution in [0.4, 0.5) is 0 Å². The number of carbonyl (C=O) groups excluding carboxylic acids is 1. The number of rotatable bonds is 10. The lowest BCUT2D eigenvalue weighted by Gasteiger charge is -2.27. The van der Waals surface area contributed by atoms with Gasteiger partial charge in [-0.1, -0.05) is 59.8 Å². The first-order valence-corrected chi connectivity index (χ1v) is 8.74. The Labute approximate surface area is 125 Å². The van der Waals surface area contributed by atoms with E-state index in [9.17, 15) is 4.79 Å². The maximum atomic E-state index is 12.6. The van der Waals surface area contributed by atoms with Gasteiger partial charge in [-0.2, -0.15) is 0 Å². The summed E-state index contributed by atoms with van der Waals surface area (Å²) in [4.78, 5) is 14.7. The highest BCUT2D eigenvalue weighted by molar-refractivity contribution is 5.84. The predicted octanol–water partition coefficient (Wildman–Crippen LogP) is 3.93. The lowest BCUT2D eigenvalue weighted by Crippen LogP contribution is -2.39. The van der Waals surface area contributed by atoms with Gasteiger partial charge in [0.1, 0.15) is 0 Å². The molecule has 0 bridgehead atoms. The third-order valence-electron chi connectivity index (χ3n) is 4.58. The van der Waals surface area contributed by atoms with E-state index in [1.165, 1.54) is 25.7 Å². The van der Waals surface area contributed by atoms with Crippen LogP contribution in [0.2, 0.25) is 0 Å².